The maximum Gasteiger partial charge on any atom is 0.320 e. The van der Waals surface area contributed by atoms with Crippen LogP contribution >= 0.6 is 0 Å². The van der Waals surface area contributed by atoms with Crippen LogP contribution in [0.15, 0.2) is 42.6 Å². The van der Waals surface area contributed by atoms with Crippen LogP contribution in [0.1, 0.15) is 39.0 Å². The first-order valence-corrected chi connectivity index (χ1v) is 9.27. The van der Waals surface area contributed by atoms with E-state index in [0.717, 1.165) is 29.9 Å². The summed E-state index contributed by atoms with van der Waals surface area (Å²) in [5.74, 6) is 0.386. The van der Waals surface area contributed by atoms with Crippen LogP contribution in [0.25, 0.3) is 0 Å². The van der Waals surface area contributed by atoms with Crippen molar-refractivity contribution in [2.75, 3.05) is 16.0 Å². The number of anilines is 4. The van der Waals surface area contributed by atoms with Gasteiger partial charge in [0.05, 0.1) is 11.9 Å². The number of rotatable bonds is 5. The van der Waals surface area contributed by atoms with Gasteiger partial charge in [-0.25, -0.2) is 9.78 Å². The van der Waals surface area contributed by atoms with Crippen molar-refractivity contribution in [3.05, 3.63) is 42.6 Å². The van der Waals surface area contributed by atoms with Gasteiger partial charge >= 0.3 is 6.03 Å². The van der Waals surface area contributed by atoms with Crippen LogP contribution in [0.2, 0.25) is 0 Å². The van der Waals surface area contributed by atoms with Crippen LogP contribution in [-0.2, 0) is 4.79 Å². The molecule has 4 N–H and O–H groups in total. The van der Waals surface area contributed by atoms with Gasteiger partial charge in [-0.1, -0.05) is 25.3 Å². The normalized spacial score (nSPS) is 14.3. The monoisotopic (exact) mass is 367 g/mol. The Kier molecular flexibility index (Phi) is 6.25. The van der Waals surface area contributed by atoms with E-state index >= 15 is 0 Å². The summed E-state index contributed by atoms with van der Waals surface area (Å²) in [6, 6.07) is 11.1. The molecule has 0 radical (unpaired) electrons. The Morgan fingerprint density at radius 3 is 2.44 bits per heavy atom. The lowest BCUT2D eigenvalue weighted by atomic mass is 9.96. The summed E-state index contributed by atoms with van der Waals surface area (Å²) in [6.45, 7) is 1.47. The van der Waals surface area contributed by atoms with Crippen LogP contribution in [0.5, 0.6) is 0 Å². The average molecular weight is 367 g/mol. The minimum atomic E-state index is -0.210. The van der Waals surface area contributed by atoms with Crippen LogP contribution in [-0.4, -0.2) is 23.0 Å². The molecule has 0 saturated heterocycles. The Hall–Kier alpha value is -3.09. The highest BCUT2D eigenvalue weighted by molar-refractivity contribution is 5.89. The molecular weight excluding hydrogens is 342 g/mol. The maximum atomic E-state index is 12.1. The molecule has 1 saturated carbocycles. The number of carbonyl (C=O) groups is 2. The lowest BCUT2D eigenvalue weighted by Gasteiger charge is -2.22. The topological polar surface area (TPSA) is 95.2 Å². The minimum absolute atomic E-state index is 0.115. The number of hydrogen-bond donors (Lipinski definition) is 4. The predicted octanol–water partition coefficient (Wildman–Crippen LogP) is 4.24. The van der Waals surface area contributed by atoms with E-state index in [9.17, 15) is 9.59 Å². The standard InChI is InChI=1S/C20H25N5O2/c1-14(26)22-16-8-5-9-17(12-16)23-18-10-11-19(21-13-18)25-20(27)24-15-6-3-2-4-7-15/h5,8-13,15,23H,2-4,6-7H2,1H3,(H,22,26)(H2,21,24,25,27). The third-order valence-electron chi connectivity index (χ3n) is 4.42. The second-order valence-electron chi connectivity index (χ2n) is 6.75. The zero-order valence-electron chi connectivity index (χ0n) is 15.4. The second kappa shape index (κ2) is 9.02. The highest BCUT2D eigenvalue weighted by atomic mass is 16.2. The molecule has 0 unspecified atom stereocenters. The van der Waals surface area contributed by atoms with E-state index < -0.39 is 0 Å². The molecule has 2 aromatic rings. The Balaban J connectivity index is 1.54. The van der Waals surface area contributed by atoms with Gasteiger partial charge in [0, 0.05) is 24.3 Å². The highest BCUT2D eigenvalue weighted by Crippen LogP contribution is 2.21. The van der Waals surface area contributed by atoms with Gasteiger partial charge in [-0.3, -0.25) is 10.1 Å². The van der Waals surface area contributed by atoms with Gasteiger partial charge in [0.2, 0.25) is 5.91 Å². The Bertz CT molecular complexity index is 785. The van der Waals surface area contributed by atoms with Crippen molar-refractivity contribution in [2.45, 2.75) is 45.1 Å². The summed E-state index contributed by atoms with van der Waals surface area (Å²) in [7, 11) is 0. The van der Waals surface area contributed by atoms with Crippen LogP contribution in [0.4, 0.5) is 27.7 Å². The largest absolute Gasteiger partial charge is 0.354 e. The number of nitrogens with one attached hydrogen (secondary N) is 4. The number of hydrogen-bond acceptors (Lipinski definition) is 4. The van der Waals surface area contributed by atoms with E-state index in [1.165, 1.54) is 26.2 Å². The van der Waals surface area contributed by atoms with E-state index in [1.54, 1.807) is 12.3 Å². The number of benzene rings is 1. The quantitative estimate of drug-likeness (QED) is 0.636. The van der Waals surface area contributed by atoms with Gasteiger partial charge in [-0.2, -0.15) is 0 Å². The summed E-state index contributed by atoms with van der Waals surface area (Å²) in [5, 5.41) is 11.7. The molecule has 1 aromatic heterocycles. The number of amides is 3. The molecule has 1 aliphatic carbocycles. The van der Waals surface area contributed by atoms with Gasteiger partial charge in [0.1, 0.15) is 5.82 Å². The van der Waals surface area contributed by atoms with Gasteiger partial charge in [-0.15, -0.1) is 0 Å². The molecule has 0 atom stereocenters. The summed E-state index contributed by atoms with van der Waals surface area (Å²) in [5.41, 5.74) is 2.34. The van der Waals surface area contributed by atoms with Crippen LogP contribution in [0.3, 0.4) is 0 Å². The van der Waals surface area contributed by atoms with Crippen molar-refractivity contribution < 1.29 is 9.59 Å². The number of aromatic nitrogens is 1. The van der Waals surface area contributed by atoms with Crippen molar-refractivity contribution in [1.29, 1.82) is 0 Å². The second-order valence-corrected chi connectivity index (χ2v) is 6.75. The molecule has 0 bridgehead atoms. The molecule has 0 spiro atoms. The fraction of sp³-hybridized carbons (Fsp3) is 0.350. The van der Waals surface area contributed by atoms with E-state index in [4.69, 9.17) is 0 Å². The van der Waals surface area contributed by atoms with E-state index in [1.807, 2.05) is 30.3 Å². The van der Waals surface area contributed by atoms with E-state index in [2.05, 4.69) is 26.3 Å². The SMILES string of the molecule is CC(=O)Nc1cccc(Nc2ccc(NC(=O)NC3CCCCC3)nc2)c1. The molecule has 1 heterocycles. The molecule has 1 aliphatic rings. The molecule has 7 heteroatoms. The predicted molar refractivity (Wildman–Crippen MR) is 107 cm³/mol. The number of urea groups is 1. The fourth-order valence-electron chi connectivity index (χ4n) is 3.17. The number of nitrogens with zero attached hydrogens (tertiary/aromatic N) is 1. The molecule has 3 amide bonds. The van der Waals surface area contributed by atoms with Crippen molar-refractivity contribution in [2.24, 2.45) is 0 Å². The maximum absolute atomic E-state index is 12.1. The Labute approximate surface area is 159 Å². The fourth-order valence-corrected chi connectivity index (χ4v) is 3.17. The third-order valence-corrected chi connectivity index (χ3v) is 4.42. The van der Waals surface area contributed by atoms with Crippen molar-refractivity contribution in [3.63, 3.8) is 0 Å². The number of carbonyl (C=O) groups excluding carboxylic acids is 2. The Morgan fingerprint density at radius 2 is 1.74 bits per heavy atom. The van der Waals surface area contributed by atoms with E-state index in [-0.39, 0.29) is 18.0 Å². The molecule has 1 fully saturated rings. The summed E-state index contributed by atoms with van der Waals surface area (Å²) in [6.07, 6.45) is 7.34. The first-order chi connectivity index (χ1) is 13.1. The number of pyridine rings is 1. The van der Waals surface area contributed by atoms with Gasteiger partial charge < -0.3 is 16.0 Å². The van der Waals surface area contributed by atoms with E-state index in [0.29, 0.717) is 5.82 Å². The van der Waals surface area contributed by atoms with Crippen molar-refractivity contribution in [1.82, 2.24) is 10.3 Å². The van der Waals surface area contributed by atoms with Gasteiger partial charge in [0.25, 0.3) is 0 Å². The van der Waals surface area contributed by atoms with Crippen LogP contribution in [0, 0.1) is 0 Å². The molecule has 27 heavy (non-hydrogen) atoms. The smallest absolute Gasteiger partial charge is 0.320 e. The molecule has 1 aromatic carbocycles. The molecule has 3 rings (SSSR count). The molecule has 7 nitrogen and oxygen atoms in total. The third kappa shape index (κ3) is 5.99. The summed E-state index contributed by atoms with van der Waals surface area (Å²) in [4.78, 5) is 27.5. The lowest BCUT2D eigenvalue weighted by Crippen LogP contribution is -2.39. The zero-order valence-corrected chi connectivity index (χ0v) is 15.4. The average Bonchev–Trinajstić information content (AvgIpc) is 2.64. The first kappa shape index (κ1) is 18.7. The summed E-state index contributed by atoms with van der Waals surface area (Å²) < 4.78 is 0. The van der Waals surface area contributed by atoms with Crippen molar-refractivity contribution >= 4 is 34.8 Å². The van der Waals surface area contributed by atoms with Crippen LogP contribution < -0.4 is 21.3 Å². The molecule has 142 valence electrons. The summed E-state index contributed by atoms with van der Waals surface area (Å²) >= 11 is 0. The minimum Gasteiger partial charge on any atom is -0.354 e. The molecule has 0 aliphatic heterocycles. The lowest BCUT2D eigenvalue weighted by molar-refractivity contribution is -0.114. The van der Waals surface area contributed by atoms with Crippen molar-refractivity contribution in [3.8, 4) is 0 Å². The zero-order chi connectivity index (χ0) is 19.1. The first-order valence-electron chi connectivity index (χ1n) is 9.27. The molecular formula is C20H25N5O2. The van der Waals surface area contributed by atoms with Gasteiger partial charge in [0.15, 0.2) is 0 Å². The highest BCUT2D eigenvalue weighted by Gasteiger charge is 2.15. The van der Waals surface area contributed by atoms with Gasteiger partial charge in [-0.05, 0) is 43.2 Å². The Morgan fingerprint density at radius 1 is 0.963 bits per heavy atom.